The van der Waals surface area contributed by atoms with Crippen molar-refractivity contribution in [3.63, 3.8) is 0 Å². The molecular weight excluding hydrogens is 336 g/mol. The summed E-state index contributed by atoms with van der Waals surface area (Å²) in [5.74, 6) is -0.279. The minimum atomic E-state index is -0.279. The van der Waals surface area contributed by atoms with Crippen molar-refractivity contribution < 1.29 is 4.79 Å². The van der Waals surface area contributed by atoms with Gasteiger partial charge in [0.2, 0.25) is 0 Å². The number of amides is 1. The third-order valence-electron chi connectivity index (χ3n) is 3.82. The number of carbonyl (C=O) groups is 1. The van der Waals surface area contributed by atoms with Gasteiger partial charge in [-0.25, -0.2) is 4.98 Å². The van der Waals surface area contributed by atoms with E-state index in [4.69, 9.17) is 11.6 Å². The lowest BCUT2D eigenvalue weighted by molar-refractivity contribution is 0.102. The monoisotopic (exact) mass is 348 g/mol. The lowest BCUT2D eigenvalue weighted by Crippen LogP contribution is -2.14. The van der Waals surface area contributed by atoms with Crippen LogP contribution in [0.5, 0.6) is 0 Å². The zero-order valence-corrected chi connectivity index (χ0v) is 13.8. The number of halogens is 1. The summed E-state index contributed by atoms with van der Waals surface area (Å²) in [7, 11) is 0. The molecule has 0 aliphatic carbocycles. The number of anilines is 1. The minimum absolute atomic E-state index is 0.279. The number of para-hydroxylation sites is 1. The molecule has 0 unspecified atom stereocenters. The first-order chi connectivity index (χ1) is 12.2. The number of imidazole rings is 1. The van der Waals surface area contributed by atoms with Gasteiger partial charge in [-0.2, -0.15) is 0 Å². The van der Waals surface area contributed by atoms with Crippen LogP contribution in [0.25, 0.3) is 16.9 Å². The molecule has 122 valence electrons. The maximum absolute atomic E-state index is 12.6. The Kier molecular flexibility index (Phi) is 3.91. The Labute approximate surface area is 148 Å². The van der Waals surface area contributed by atoms with E-state index in [0.29, 0.717) is 22.1 Å². The molecule has 0 spiro atoms. The van der Waals surface area contributed by atoms with Gasteiger partial charge in [0.1, 0.15) is 11.3 Å². The zero-order chi connectivity index (χ0) is 17.2. The summed E-state index contributed by atoms with van der Waals surface area (Å²) >= 11 is 6.11. The molecule has 0 fully saturated rings. The molecule has 1 amide bonds. The van der Waals surface area contributed by atoms with Gasteiger partial charge in [0.25, 0.3) is 5.91 Å². The Hall–Kier alpha value is -3.18. The van der Waals surface area contributed by atoms with Crippen LogP contribution in [0.2, 0.25) is 5.02 Å². The second-order valence-corrected chi connectivity index (χ2v) is 5.85. The molecule has 1 aromatic carbocycles. The van der Waals surface area contributed by atoms with E-state index in [1.165, 1.54) is 0 Å². The summed E-state index contributed by atoms with van der Waals surface area (Å²) in [6, 6.07) is 16.6. The summed E-state index contributed by atoms with van der Waals surface area (Å²) in [4.78, 5) is 21.3. The van der Waals surface area contributed by atoms with Crippen LogP contribution >= 0.6 is 11.6 Å². The molecule has 0 saturated carbocycles. The normalized spacial score (nSPS) is 10.8. The van der Waals surface area contributed by atoms with Crippen molar-refractivity contribution in [2.45, 2.75) is 0 Å². The van der Waals surface area contributed by atoms with Crippen molar-refractivity contribution >= 4 is 28.8 Å². The van der Waals surface area contributed by atoms with Crippen molar-refractivity contribution in [1.29, 1.82) is 0 Å². The molecular formula is C19H13ClN4O. The maximum atomic E-state index is 12.6. The van der Waals surface area contributed by atoms with Crippen LogP contribution in [0.1, 0.15) is 10.5 Å². The average Bonchev–Trinajstić information content (AvgIpc) is 3.07. The zero-order valence-electron chi connectivity index (χ0n) is 13.1. The molecule has 0 saturated heterocycles. The van der Waals surface area contributed by atoms with Gasteiger partial charge in [-0.1, -0.05) is 29.8 Å². The fourth-order valence-electron chi connectivity index (χ4n) is 2.58. The van der Waals surface area contributed by atoms with Gasteiger partial charge in [0.05, 0.1) is 22.6 Å². The van der Waals surface area contributed by atoms with E-state index in [-0.39, 0.29) is 5.91 Å². The van der Waals surface area contributed by atoms with Gasteiger partial charge in [-0.05, 0) is 36.4 Å². The molecule has 4 rings (SSSR count). The summed E-state index contributed by atoms with van der Waals surface area (Å²) in [5.41, 5.74) is 3.40. The SMILES string of the molecule is O=C(Nc1ccccc1Cl)c1cnc2ccc(-c3ccccn3)cn12. The third-order valence-corrected chi connectivity index (χ3v) is 4.15. The van der Waals surface area contributed by atoms with Crippen LogP contribution in [0.4, 0.5) is 5.69 Å². The van der Waals surface area contributed by atoms with Crippen molar-refractivity contribution in [1.82, 2.24) is 14.4 Å². The Morgan fingerprint density at radius 3 is 2.64 bits per heavy atom. The van der Waals surface area contributed by atoms with Crippen molar-refractivity contribution in [3.05, 3.63) is 83.9 Å². The fourth-order valence-corrected chi connectivity index (χ4v) is 2.77. The Morgan fingerprint density at radius 2 is 1.84 bits per heavy atom. The van der Waals surface area contributed by atoms with E-state index in [1.54, 1.807) is 28.9 Å². The van der Waals surface area contributed by atoms with Gasteiger partial charge in [0.15, 0.2) is 0 Å². The quantitative estimate of drug-likeness (QED) is 0.600. The molecule has 25 heavy (non-hydrogen) atoms. The van der Waals surface area contributed by atoms with Gasteiger partial charge in [0, 0.05) is 18.0 Å². The highest BCUT2D eigenvalue weighted by atomic mass is 35.5. The number of rotatable bonds is 3. The second-order valence-electron chi connectivity index (χ2n) is 5.44. The summed E-state index contributed by atoms with van der Waals surface area (Å²) in [5, 5.41) is 3.30. The number of hydrogen-bond acceptors (Lipinski definition) is 3. The predicted octanol–water partition coefficient (Wildman–Crippen LogP) is 4.30. The van der Waals surface area contributed by atoms with Crippen molar-refractivity contribution in [2.75, 3.05) is 5.32 Å². The highest BCUT2D eigenvalue weighted by Gasteiger charge is 2.14. The van der Waals surface area contributed by atoms with Crippen LogP contribution in [0.3, 0.4) is 0 Å². The van der Waals surface area contributed by atoms with Crippen molar-refractivity contribution in [2.24, 2.45) is 0 Å². The van der Waals surface area contributed by atoms with E-state index in [1.807, 2.05) is 48.7 Å². The summed E-state index contributed by atoms with van der Waals surface area (Å²) in [6.45, 7) is 0. The maximum Gasteiger partial charge on any atom is 0.274 e. The van der Waals surface area contributed by atoms with Gasteiger partial charge >= 0.3 is 0 Å². The lowest BCUT2D eigenvalue weighted by atomic mass is 10.2. The Balaban J connectivity index is 1.72. The van der Waals surface area contributed by atoms with Crippen LogP contribution in [-0.4, -0.2) is 20.3 Å². The van der Waals surface area contributed by atoms with Crippen LogP contribution in [0, 0.1) is 0 Å². The summed E-state index contributed by atoms with van der Waals surface area (Å²) in [6.07, 6.45) is 5.13. The average molecular weight is 349 g/mol. The minimum Gasteiger partial charge on any atom is -0.319 e. The molecule has 4 aromatic rings. The molecule has 0 aliphatic heterocycles. The van der Waals surface area contributed by atoms with Crippen molar-refractivity contribution in [3.8, 4) is 11.3 Å². The molecule has 6 heteroatoms. The van der Waals surface area contributed by atoms with Crippen LogP contribution in [0.15, 0.2) is 73.2 Å². The number of benzene rings is 1. The van der Waals surface area contributed by atoms with Gasteiger partial charge in [-0.3, -0.25) is 14.2 Å². The standard InChI is InChI=1S/C19H13ClN4O/c20-14-5-1-2-7-16(14)23-19(25)17-11-22-18-9-8-13(12-24(17)18)15-6-3-4-10-21-15/h1-12H,(H,23,25). The molecule has 5 nitrogen and oxygen atoms in total. The topological polar surface area (TPSA) is 59.3 Å². The number of fused-ring (bicyclic) bond motifs is 1. The first-order valence-electron chi connectivity index (χ1n) is 7.67. The van der Waals surface area contributed by atoms with E-state index < -0.39 is 0 Å². The molecule has 1 N–H and O–H groups in total. The van der Waals surface area contributed by atoms with E-state index >= 15 is 0 Å². The molecule has 0 aliphatic rings. The summed E-state index contributed by atoms with van der Waals surface area (Å²) < 4.78 is 1.75. The number of pyridine rings is 2. The number of hydrogen-bond donors (Lipinski definition) is 1. The molecule has 0 bridgehead atoms. The van der Waals surface area contributed by atoms with Crippen LogP contribution < -0.4 is 5.32 Å². The first-order valence-corrected chi connectivity index (χ1v) is 8.04. The largest absolute Gasteiger partial charge is 0.319 e. The lowest BCUT2D eigenvalue weighted by Gasteiger charge is -2.07. The molecule has 3 aromatic heterocycles. The highest BCUT2D eigenvalue weighted by Crippen LogP contribution is 2.22. The number of carbonyl (C=O) groups excluding carboxylic acids is 1. The molecule has 0 atom stereocenters. The second kappa shape index (κ2) is 6.37. The number of nitrogens with zero attached hydrogens (tertiary/aromatic N) is 3. The Morgan fingerprint density at radius 1 is 1.00 bits per heavy atom. The first kappa shape index (κ1) is 15.4. The van der Waals surface area contributed by atoms with E-state index in [9.17, 15) is 4.79 Å². The van der Waals surface area contributed by atoms with Gasteiger partial charge in [-0.15, -0.1) is 0 Å². The molecule has 0 radical (unpaired) electrons. The predicted molar refractivity (Wildman–Crippen MR) is 97.8 cm³/mol. The third kappa shape index (κ3) is 2.97. The molecule has 3 heterocycles. The van der Waals surface area contributed by atoms with Crippen LogP contribution in [-0.2, 0) is 0 Å². The highest BCUT2D eigenvalue weighted by molar-refractivity contribution is 6.33. The number of aromatic nitrogens is 3. The smallest absolute Gasteiger partial charge is 0.274 e. The number of nitrogens with one attached hydrogen (secondary N) is 1. The van der Waals surface area contributed by atoms with E-state index in [0.717, 1.165) is 11.3 Å². The fraction of sp³-hybridized carbons (Fsp3) is 0. The van der Waals surface area contributed by atoms with E-state index in [2.05, 4.69) is 15.3 Å². The van der Waals surface area contributed by atoms with Gasteiger partial charge < -0.3 is 5.32 Å². The Bertz CT molecular complexity index is 1060.